The number of esters is 1. The first kappa shape index (κ1) is 16.9. The lowest BCUT2D eigenvalue weighted by atomic mass is 9.95. The molecule has 0 bridgehead atoms. The molecule has 0 aromatic carbocycles. The van der Waals surface area contributed by atoms with Gasteiger partial charge in [0.1, 0.15) is 0 Å². The highest BCUT2D eigenvalue weighted by Crippen LogP contribution is 2.30. The Labute approximate surface area is 103 Å². The van der Waals surface area contributed by atoms with Crippen LogP contribution >= 0.6 is 0 Å². The molecule has 0 aliphatic heterocycles. The summed E-state index contributed by atoms with van der Waals surface area (Å²) in [6.45, 7) is 2.57. The van der Waals surface area contributed by atoms with Gasteiger partial charge in [0.05, 0.1) is 18.8 Å². The zero-order valence-electron chi connectivity index (χ0n) is 10.4. The van der Waals surface area contributed by atoms with Crippen molar-refractivity contribution in [2.24, 2.45) is 0 Å². The summed E-state index contributed by atoms with van der Waals surface area (Å²) in [7, 11) is 0.971. The molecular weight excluding hydrogens is 253 g/mol. The van der Waals surface area contributed by atoms with Crippen LogP contribution in [0.25, 0.3) is 0 Å². The highest BCUT2D eigenvalue weighted by atomic mass is 19.4. The Bertz CT molecular complexity index is 315. The second-order valence-corrected chi connectivity index (χ2v) is 4.40. The highest BCUT2D eigenvalue weighted by Gasteiger charge is 2.35. The lowest BCUT2D eigenvalue weighted by Crippen LogP contribution is -2.36. The molecule has 0 aliphatic rings. The largest absolute Gasteiger partial charge is 0.466 e. The van der Waals surface area contributed by atoms with Gasteiger partial charge in [-0.25, -0.2) is 4.79 Å². The Morgan fingerprint density at radius 1 is 1.39 bits per heavy atom. The van der Waals surface area contributed by atoms with E-state index in [4.69, 9.17) is 0 Å². The monoisotopic (exact) mass is 270 g/mol. The van der Waals surface area contributed by atoms with E-state index >= 15 is 0 Å². The van der Waals surface area contributed by atoms with Crippen LogP contribution in [0.3, 0.4) is 0 Å². The number of aliphatic hydroxyl groups excluding tert-OH is 1. The maximum atomic E-state index is 12.5. The summed E-state index contributed by atoms with van der Waals surface area (Å²) in [6, 6.07) is 0. The summed E-state index contributed by atoms with van der Waals surface area (Å²) < 4.78 is 41.8. The van der Waals surface area contributed by atoms with Gasteiger partial charge in [0.25, 0.3) is 0 Å². The summed E-state index contributed by atoms with van der Waals surface area (Å²) >= 11 is 0. The number of alkyl halides is 3. The standard InChI is InChI=1S/C11H17F3O4/c1-10(2,17)8(15)5-4-7(11(12,13)14)6-9(16)18-3/h6,8,15,17H,4-5H2,1-3H3/t8-/m0/s1. The molecule has 0 rings (SSSR count). The fourth-order valence-electron chi connectivity index (χ4n) is 1.14. The van der Waals surface area contributed by atoms with E-state index in [0.717, 1.165) is 7.11 Å². The molecule has 7 heteroatoms. The van der Waals surface area contributed by atoms with Crippen LogP contribution in [0.4, 0.5) is 13.2 Å². The van der Waals surface area contributed by atoms with Crippen LogP contribution in [-0.4, -0.2) is 41.2 Å². The van der Waals surface area contributed by atoms with E-state index in [1.165, 1.54) is 13.8 Å². The quantitative estimate of drug-likeness (QED) is 0.587. The minimum absolute atomic E-state index is 0.314. The first-order valence-electron chi connectivity index (χ1n) is 5.24. The summed E-state index contributed by atoms with van der Waals surface area (Å²) in [5.41, 5.74) is -2.60. The van der Waals surface area contributed by atoms with Crippen LogP contribution in [0, 0.1) is 0 Å². The lowest BCUT2D eigenvalue weighted by molar-refractivity contribution is -0.136. The molecule has 0 aliphatic carbocycles. The van der Waals surface area contributed by atoms with E-state index in [1.54, 1.807) is 0 Å². The third-order valence-corrected chi connectivity index (χ3v) is 2.36. The molecule has 0 fully saturated rings. The molecule has 1 atom stereocenters. The maximum absolute atomic E-state index is 12.5. The summed E-state index contributed by atoms with van der Waals surface area (Å²) in [5.74, 6) is -1.11. The van der Waals surface area contributed by atoms with Crippen LogP contribution in [0.2, 0.25) is 0 Å². The average molecular weight is 270 g/mol. The Morgan fingerprint density at radius 3 is 2.22 bits per heavy atom. The fraction of sp³-hybridized carbons (Fsp3) is 0.727. The van der Waals surface area contributed by atoms with Crippen molar-refractivity contribution >= 4 is 5.97 Å². The molecule has 0 saturated carbocycles. The molecule has 0 unspecified atom stereocenters. The van der Waals surface area contributed by atoms with Crippen molar-refractivity contribution in [2.45, 2.75) is 44.6 Å². The van der Waals surface area contributed by atoms with Crippen molar-refractivity contribution in [3.8, 4) is 0 Å². The van der Waals surface area contributed by atoms with Crippen LogP contribution < -0.4 is 0 Å². The lowest BCUT2D eigenvalue weighted by Gasteiger charge is -2.25. The van der Waals surface area contributed by atoms with Crippen LogP contribution in [-0.2, 0) is 9.53 Å². The zero-order chi connectivity index (χ0) is 14.6. The number of halogens is 3. The van der Waals surface area contributed by atoms with Gasteiger partial charge in [-0.3, -0.25) is 0 Å². The second kappa shape index (κ2) is 6.19. The number of carbonyl (C=O) groups excluding carboxylic acids is 1. The number of ether oxygens (including phenoxy) is 1. The summed E-state index contributed by atoms with van der Waals surface area (Å²) in [5, 5.41) is 18.8. The van der Waals surface area contributed by atoms with Gasteiger partial charge in [-0.1, -0.05) is 0 Å². The van der Waals surface area contributed by atoms with Gasteiger partial charge < -0.3 is 14.9 Å². The third-order valence-electron chi connectivity index (χ3n) is 2.36. The van der Waals surface area contributed by atoms with Crippen molar-refractivity contribution < 1.29 is 32.9 Å². The Balaban J connectivity index is 4.75. The molecule has 0 radical (unpaired) electrons. The molecule has 0 amide bonds. The van der Waals surface area contributed by atoms with E-state index in [0.29, 0.717) is 6.08 Å². The van der Waals surface area contributed by atoms with Gasteiger partial charge in [-0.15, -0.1) is 0 Å². The first-order valence-corrected chi connectivity index (χ1v) is 5.24. The Morgan fingerprint density at radius 2 is 1.89 bits per heavy atom. The topological polar surface area (TPSA) is 66.8 Å². The number of carbonyl (C=O) groups is 1. The van der Waals surface area contributed by atoms with Crippen molar-refractivity contribution in [2.75, 3.05) is 7.11 Å². The predicted octanol–water partition coefficient (Wildman–Crippen LogP) is 1.56. The minimum atomic E-state index is -4.67. The number of aliphatic hydroxyl groups is 2. The number of hydrogen-bond donors (Lipinski definition) is 2. The van der Waals surface area contributed by atoms with Crippen molar-refractivity contribution in [1.82, 2.24) is 0 Å². The third kappa shape index (κ3) is 6.02. The van der Waals surface area contributed by atoms with Gasteiger partial charge in [0.2, 0.25) is 0 Å². The Kier molecular flexibility index (Phi) is 5.82. The van der Waals surface area contributed by atoms with Crippen molar-refractivity contribution in [3.63, 3.8) is 0 Å². The number of allylic oxidation sites excluding steroid dienone is 1. The SMILES string of the molecule is COC(=O)C=C(CC[C@H](O)C(C)(C)O)C(F)(F)F. The molecule has 0 aromatic heterocycles. The van der Waals surface area contributed by atoms with Gasteiger partial charge in [0.15, 0.2) is 0 Å². The van der Waals surface area contributed by atoms with Gasteiger partial charge in [0, 0.05) is 11.6 Å². The van der Waals surface area contributed by atoms with Crippen molar-refractivity contribution in [3.05, 3.63) is 11.6 Å². The molecule has 0 heterocycles. The highest BCUT2D eigenvalue weighted by molar-refractivity contribution is 5.82. The zero-order valence-corrected chi connectivity index (χ0v) is 10.4. The molecule has 18 heavy (non-hydrogen) atoms. The van der Waals surface area contributed by atoms with E-state index in [9.17, 15) is 28.2 Å². The van der Waals surface area contributed by atoms with Crippen molar-refractivity contribution in [1.29, 1.82) is 0 Å². The second-order valence-electron chi connectivity index (χ2n) is 4.40. The first-order chi connectivity index (χ1) is 7.98. The molecule has 0 saturated heterocycles. The van der Waals surface area contributed by atoms with Crippen LogP contribution in [0.15, 0.2) is 11.6 Å². The Hall–Kier alpha value is -1.08. The smallest absolute Gasteiger partial charge is 0.412 e. The average Bonchev–Trinajstić information content (AvgIpc) is 2.20. The van der Waals surface area contributed by atoms with Crippen LogP contribution in [0.1, 0.15) is 26.7 Å². The van der Waals surface area contributed by atoms with Gasteiger partial charge >= 0.3 is 12.1 Å². The number of rotatable bonds is 5. The molecule has 4 nitrogen and oxygen atoms in total. The van der Waals surface area contributed by atoms with Gasteiger partial charge in [-0.05, 0) is 26.7 Å². The molecule has 0 spiro atoms. The number of hydrogen-bond acceptors (Lipinski definition) is 4. The van der Waals surface area contributed by atoms with E-state index in [-0.39, 0.29) is 6.42 Å². The van der Waals surface area contributed by atoms with E-state index in [1.807, 2.05) is 0 Å². The molecule has 2 N–H and O–H groups in total. The minimum Gasteiger partial charge on any atom is -0.466 e. The summed E-state index contributed by atoms with van der Waals surface area (Å²) in [6.07, 6.45) is -6.54. The summed E-state index contributed by atoms with van der Waals surface area (Å²) in [4.78, 5) is 10.8. The fourth-order valence-corrected chi connectivity index (χ4v) is 1.14. The van der Waals surface area contributed by atoms with E-state index in [2.05, 4.69) is 4.74 Å². The predicted molar refractivity (Wildman–Crippen MR) is 57.7 cm³/mol. The number of methoxy groups -OCH3 is 1. The normalized spacial score (nSPS) is 15.4. The molecular formula is C11H17F3O4. The van der Waals surface area contributed by atoms with Crippen LogP contribution in [0.5, 0.6) is 0 Å². The van der Waals surface area contributed by atoms with E-state index < -0.39 is 35.8 Å². The molecule has 0 aromatic rings. The molecule has 106 valence electrons. The maximum Gasteiger partial charge on any atom is 0.412 e. The van der Waals surface area contributed by atoms with Gasteiger partial charge in [-0.2, -0.15) is 13.2 Å².